The highest BCUT2D eigenvalue weighted by atomic mass is 19.1. The van der Waals surface area contributed by atoms with Gasteiger partial charge in [-0.3, -0.25) is 4.79 Å². The molecule has 1 aliphatic rings. The van der Waals surface area contributed by atoms with Gasteiger partial charge in [0.25, 0.3) is 0 Å². The van der Waals surface area contributed by atoms with Gasteiger partial charge < -0.3 is 9.64 Å². The summed E-state index contributed by atoms with van der Waals surface area (Å²) in [5.41, 5.74) is 0.732. The number of piperidine rings is 1. The summed E-state index contributed by atoms with van der Waals surface area (Å²) in [5.74, 6) is -0.920. The van der Waals surface area contributed by atoms with E-state index >= 15 is 0 Å². The molecule has 0 amide bonds. The number of carbonyl (C=O) groups excluding carboxylic acids is 1. The summed E-state index contributed by atoms with van der Waals surface area (Å²) in [7, 11) is 1.38. The predicted molar refractivity (Wildman–Crippen MR) is 68.1 cm³/mol. The Morgan fingerprint density at radius 3 is 3.00 bits per heavy atom. The van der Waals surface area contributed by atoms with Gasteiger partial charge in [-0.1, -0.05) is 0 Å². The number of hydrogen-bond donors (Lipinski definition) is 0. The van der Waals surface area contributed by atoms with Gasteiger partial charge in [-0.05, 0) is 31.0 Å². The molecule has 5 heteroatoms. The van der Waals surface area contributed by atoms with E-state index in [-0.39, 0.29) is 17.5 Å². The first-order valence-electron chi connectivity index (χ1n) is 6.18. The Labute approximate surface area is 111 Å². The van der Waals surface area contributed by atoms with E-state index in [2.05, 4.69) is 0 Å². The first-order chi connectivity index (χ1) is 9.15. The maximum atomic E-state index is 13.6. The molecule has 0 aromatic heterocycles. The Bertz CT molecular complexity index is 525. The quantitative estimate of drug-likeness (QED) is 0.766. The van der Waals surface area contributed by atoms with Crippen LogP contribution in [0.4, 0.5) is 10.1 Å². The van der Waals surface area contributed by atoms with Gasteiger partial charge in [0.15, 0.2) is 0 Å². The van der Waals surface area contributed by atoms with E-state index in [0.29, 0.717) is 12.2 Å². The second kappa shape index (κ2) is 5.70. The third-order valence-electron chi connectivity index (χ3n) is 3.39. The molecule has 1 saturated heterocycles. The number of ether oxygens (including phenoxy) is 1. The lowest BCUT2D eigenvalue weighted by molar-refractivity contribution is -0.145. The number of hydrogen-bond acceptors (Lipinski definition) is 4. The third kappa shape index (κ3) is 2.84. The van der Waals surface area contributed by atoms with Crippen LogP contribution in [0.5, 0.6) is 0 Å². The highest BCUT2D eigenvalue weighted by molar-refractivity contribution is 5.73. The lowest BCUT2D eigenvalue weighted by atomic mass is 9.97. The Morgan fingerprint density at radius 2 is 2.37 bits per heavy atom. The van der Waals surface area contributed by atoms with Crippen LogP contribution in [0.1, 0.15) is 18.4 Å². The predicted octanol–water partition coefficient (Wildman–Crippen LogP) is 2.09. The molecule has 0 spiro atoms. The molecule has 1 atom stereocenters. The molecular formula is C14H15FN2O2. The van der Waals surface area contributed by atoms with Crippen LogP contribution in [0.15, 0.2) is 18.2 Å². The summed E-state index contributed by atoms with van der Waals surface area (Å²) >= 11 is 0. The van der Waals surface area contributed by atoms with Crippen molar-refractivity contribution in [2.24, 2.45) is 5.92 Å². The van der Waals surface area contributed by atoms with E-state index in [0.717, 1.165) is 19.4 Å². The van der Waals surface area contributed by atoms with Crippen LogP contribution in [0.25, 0.3) is 0 Å². The van der Waals surface area contributed by atoms with Crippen molar-refractivity contribution in [3.63, 3.8) is 0 Å². The van der Waals surface area contributed by atoms with Gasteiger partial charge in [-0.25, -0.2) is 4.39 Å². The lowest BCUT2D eigenvalue weighted by Crippen LogP contribution is -2.39. The van der Waals surface area contributed by atoms with Gasteiger partial charge in [-0.2, -0.15) is 5.26 Å². The summed E-state index contributed by atoms with van der Waals surface area (Å²) < 4.78 is 18.3. The minimum atomic E-state index is -0.528. The van der Waals surface area contributed by atoms with Gasteiger partial charge in [0.1, 0.15) is 11.9 Å². The maximum absolute atomic E-state index is 13.6. The molecule has 0 radical (unpaired) electrons. The molecule has 1 aliphatic heterocycles. The Hall–Kier alpha value is -2.09. The van der Waals surface area contributed by atoms with E-state index < -0.39 is 5.82 Å². The van der Waals surface area contributed by atoms with E-state index in [1.807, 2.05) is 4.90 Å². The van der Waals surface area contributed by atoms with Crippen LogP contribution in [-0.2, 0) is 9.53 Å². The summed E-state index contributed by atoms with van der Waals surface area (Å²) in [6, 6.07) is 6.31. The number of methoxy groups -OCH3 is 1. The summed E-state index contributed by atoms with van der Waals surface area (Å²) in [4.78, 5) is 13.5. The van der Waals surface area contributed by atoms with Gasteiger partial charge in [0.2, 0.25) is 0 Å². The summed E-state index contributed by atoms with van der Waals surface area (Å²) in [5, 5.41) is 8.70. The molecule has 1 aromatic carbocycles. The third-order valence-corrected chi connectivity index (χ3v) is 3.39. The van der Waals surface area contributed by atoms with Gasteiger partial charge >= 0.3 is 5.97 Å². The minimum Gasteiger partial charge on any atom is -0.469 e. The molecule has 0 saturated carbocycles. The maximum Gasteiger partial charge on any atom is 0.310 e. The zero-order chi connectivity index (χ0) is 13.8. The van der Waals surface area contributed by atoms with Crippen LogP contribution in [0, 0.1) is 23.1 Å². The number of carbonyl (C=O) groups is 1. The first-order valence-corrected chi connectivity index (χ1v) is 6.18. The number of halogens is 1. The van der Waals surface area contributed by atoms with Gasteiger partial charge in [0.05, 0.1) is 18.6 Å². The average molecular weight is 262 g/mol. The smallest absolute Gasteiger partial charge is 0.310 e. The molecule has 0 N–H and O–H groups in total. The second-order valence-electron chi connectivity index (χ2n) is 4.58. The molecule has 1 heterocycles. The average Bonchev–Trinajstić information content (AvgIpc) is 2.46. The number of nitriles is 1. The number of anilines is 1. The minimum absolute atomic E-state index is 0.0327. The first kappa shape index (κ1) is 13.3. The monoisotopic (exact) mass is 262 g/mol. The fraction of sp³-hybridized carbons (Fsp3) is 0.429. The van der Waals surface area contributed by atoms with Crippen LogP contribution in [0.2, 0.25) is 0 Å². The van der Waals surface area contributed by atoms with E-state index in [1.54, 1.807) is 12.1 Å². The fourth-order valence-corrected chi connectivity index (χ4v) is 2.36. The summed E-state index contributed by atoms with van der Waals surface area (Å²) in [6.45, 7) is 1.30. The van der Waals surface area contributed by atoms with Crippen molar-refractivity contribution in [2.75, 3.05) is 25.1 Å². The zero-order valence-electron chi connectivity index (χ0n) is 10.7. The molecular weight excluding hydrogens is 247 g/mol. The molecule has 19 heavy (non-hydrogen) atoms. The van der Waals surface area contributed by atoms with Crippen molar-refractivity contribution >= 4 is 11.7 Å². The van der Waals surface area contributed by atoms with E-state index in [9.17, 15) is 9.18 Å². The van der Waals surface area contributed by atoms with Crippen molar-refractivity contribution in [1.29, 1.82) is 5.26 Å². The molecule has 1 unspecified atom stereocenters. The van der Waals surface area contributed by atoms with Crippen molar-refractivity contribution < 1.29 is 13.9 Å². The zero-order valence-corrected chi connectivity index (χ0v) is 10.7. The summed E-state index contributed by atoms with van der Waals surface area (Å²) in [6.07, 6.45) is 1.66. The number of rotatable bonds is 2. The van der Waals surface area contributed by atoms with Crippen LogP contribution in [0.3, 0.4) is 0 Å². The topological polar surface area (TPSA) is 53.3 Å². The second-order valence-corrected chi connectivity index (χ2v) is 4.58. The molecule has 4 nitrogen and oxygen atoms in total. The molecule has 1 aromatic rings. The fourth-order valence-electron chi connectivity index (χ4n) is 2.36. The number of esters is 1. The normalized spacial score (nSPS) is 18.8. The van der Waals surface area contributed by atoms with E-state index in [1.165, 1.54) is 19.2 Å². The Morgan fingerprint density at radius 1 is 1.58 bits per heavy atom. The number of benzene rings is 1. The van der Waals surface area contributed by atoms with Gasteiger partial charge in [-0.15, -0.1) is 0 Å². The Kier molecular flexibility index (Phi) is 4.00. The SMILES string of the molecule is COC(=O)C1CCCN(c2ccc(C#N)c(F)c2)C1. The molecule has 0 bridgehead atoms. The number of nitrogens with zero attached hydrogens (tertiary/aromatic N) is 2. The van der Waals surface area contributed by atoms with Crippen molar-refractivity contribution in [1.82, 2.24) is 0 Å². The van der Waals surface area contributed by atoms with Crippen LogP contribution in [-0.4, -0.2) is 26.2 Å². The molecule has 100 valence electrons. The lowest BCUT2D eigenvalue weighted by Gasteiger charge is -2.33. The van der Waals surface area contributed by atoms with Crippen LogP contribution >= 0.6 is 0 Å². The van der Waals surface area contributed by atoms with Crippen molar-refractivity contribution in [3.8, 4) is 6.07 Å². The Balaban J connectivity index is 2.16. The highest BCUT2D eigenvalue weighted by Gasteiger charge is 2.26. The van der Waals surface area contributed by atoms with Gasteiger partial charge in [0, 0.05) is 18.8 Å². The highest BCUT2D eigenvalue weighted by Crippen LogP contribution is 2.25. The molecule has 1 fully saturated rings. The molecule has 0 aliphatic carbocycles. The van der Waals surface area contributed by atoms with Crippen LogP contribution < -0.4 is 4.90 Å². The standard InChI is InChI=1S/C14H15FN2O2/c1-19-14(18)11-3-2-6-17(9-11)12-5-4-10(8-16)13(15)7-12/h4-5,7,11H,2-3,6,9H2,1H3. The van der Waals surface area contributed by atoms with E-state index in [4.69, 9.17) is 10.00 Å². The van der Waals surface area contributed by atoms with Crippen molar-refractivity contribution in [2.45, 2.75) is 12.8 Å². The molecule has 2 rings (SSSR count). The van der Waals surface area contributed by atoms with Crippen molar-refractivity contribution in [3.05, 3.63) is 29.6 Å². The largest absolute Gasteiger partial charge is 0.469 e.